The molecule has 1 aromatic rings. The van der Waals surface area contributed by atoms with Gasteiger partial charge in [0.25, 0.3) is 0 Å². The van der Waals surface area contributed by atoms with Crippen LogP contribution in [0.15, 0.2) is 24.3 Å². The van der Waals surface area contributed by atoms with Crippen molar-refractivity contribution in [1.82, 2.24) is 0 Å². The number of benzene rings is 1. The van der Waals surface area contributed by atoms with Crippen molar-refractivity contribution in [3.8, 4) is 5.75 Å². The van der Waals surface area contributed by atoms with E-state index in [2.05, 4.69) is 14.0 Å². The monoisotopic (exact) mass is 290 g/mol. The Morgan fingerprint density at radius 2 is 1.81 bits per heavy atom. The first-order chi connectivity index (χ1) is 10.1. The van der Waals surface area contributed by atoms with Crippen LogP contribution in [0.3, 0.4) is 0 Å². The molecule has 0 saturated carbocycles. The van der Waals surface area contributed by atoms with Crippen LogP contribution in [-0.2, 0) is 0 Å². The van der Waals surface area contributed by atoms with Crippen LogP contribution in [-0.4, -0.2) is 43.6 Å². The molecule has 1 fully saturated rings. The molecule has 1 saturated heterocycles. The minimum Gasteiger partial charge on any atom is -0.494 e. The van der Waals surface area contributed by atoms with Gasteiger partial charge in [0.05, 0.1) is 39.7 Å². The summed E-state index contributed by atoms with van der Waals surface area (Å²) in [7, 11) is 2.29. The van der Waals surface area contributed by atoms with Gasteiger partial charge in [-0.3, -0.25) is 4.79 Å². The van der Waals surface area contributed by atoms with Crippen molar-refractivity contribution in [3.63, 3.8) is 0 Å². The Hall–Kier alpha value is -1.35. The van der Waals surface area contributed by atoms with Crippen LogP contribution >= 0.6 is 0 Å². The topological polar surface area (TPSA) is 26.3 Å². The van der Waals surface area contributed by atoms with Crippen molar-refractivity contribution in [2.24, 2.45) is 0 Å². The van der Waals surface area contributed by atoms with Crippen molar-refractivity contribution >= 4 is 5.78 Å². The van der Waals surface area contributed by atoms with E-state index < -0.39 is 0 Å². The molecule has 0 aliphatic carbocycles. The third kappa shape index (κ3) is 4.85. The van der Waals surface area contributed by atoms with Crippen LogP contribution in [0.4, 0.5) is 0 Å². The fraction of sp³-hybridized carbons (Fsp3) is 0.611. The molecule has 3 nitrogen and oxygen atoms in total. The van der Waals surface area contributed by atoms with Crippen LogP contribution < -0.4 is 4.74 Å². The van der Waals surface area contributed by atoms with Crippen molar-refractivity contribution < 1.29 is 14.0 Å². The molecule has 0 unspecified atom stereocenters. The summed E-state index contributed by atoms with van der Waals surface area (Å²) in [5.74, 6) is 1.10. The van der Waals surface area contributed by atoms with E-state index in [1.807, 2.05) is 24.3 Å². The summed E-state index contributed by atoms with van der Waals surface area (Å²) in [6, 6.07) is 7.59. The van der Waals surface area contributed by atoms with Crippen LogP contribution in [0, 0.1) is 0 Å². The Morgan fingerprint density at radius 1 is 1.14 bits per heavy atom. The molecule has 3 heteroatoms. The van der Waals surface area contributed by atoms with E-state index in [4.69, 9.17) is 4.74 Å². The lowest BCUT2D eigenvalue weighted by molar-refractivity contribution is -0.913. The lowest BCUT2D eigenvalue weighted by Gasteiger charge is -2.37. The zero-order valence-electron chi connectivity index (χ0n) is 13.4. The third-order valence-corrected chi connectivity index (χ3v) is 4.42. The number of hydrogen-bond donors (Lipinski definition) is 0. The van der Waals surface area contributed by atoms with E-state index in [0.29, 0.717) is 6.42 Å². The largest absolute Gasteiger partial charge is 0.494 e. The number of ether oxygens (including phenoxy) is 1. The van der Waals surface area contributed by atoms with E-state index in [-0.39, 0.29) is 5.78 Å². The van der Waals surface area contributed by atoms with E-state index >= 15 is 0 Å². The Morgan fingerprint density at radius 3 is 2.43 bits per heavy atom. The summed E-state index contributed by atoms with van der Waals surface area (Å²) < 4.78 is 6.61. The zero-order chi connectivity index (χ0) is 15.1. The van der Waals surface area contributed by atoms with Gasteiger partial charge in [0, 0.05) is 5.56 Å². The Labute approximate surface area is 128 Å². The van der Waals surface area contributed by atoms with Gasteiger partial charge < -0.3 is 9.22 Å². The maximum Gasteiger partial charge on any atom is 0.168 e. The molecule has 0 radical (unpaired) electrons. The second-order valence-corrected chi connectivity index (χ2v) is 6.40. The molecule has 21 heavy (non-hydrogen) atoms. The molecule has 0 spiro atoms. The van der Waals surface area contributed by atoms with Gasteiger partial charge in [-0.05, 0) is 49.9 Å². The highest BCUT2D eigenvalue weighted by atomic mass is 16.5. The molecule has 2 rings (SSSR count). The highest BCUT2D eigenvalue weighted by molar-refractivity contribution is 5.96. The number of carbonyl (C=O) groups is 1. The predicted molar refractivity (Wildman–Crippen MR) is 85.8 cm³/mol. The third-order valence-electron chi connectivity index (χ3n) is 4.42. The molecule has 0 N–H and O–H groups in total. The zero-order valence-corrected chi connectivity index (χ0v) is 13.4. The van der Waals surface area contributed by atoms with Gasteiger partial charge in [0.1, 0.15) is 5.75 Å². The van der Waals surface area contributed by atoms with E-state index in [1.165, 1.54) is 32.4 Å². The molecule has 0 aromatic heterocycles. The van der Waals surface area contributed by atoms with Crippen molar-refractivity contribution in [3.05, 3.63) is 29.8 Å². The number of likely N-dealkylation sites (tertiary alicyclic amines) is 1. The lowest BCUT2D eigenvalue weighted by Crippen LogP contribution is -2.48. The van der Waals surface area contributed by atoms with Gasteiger partial charge in [-0.1, -0.05) is 6.92 Å². The summed E-state index contributed by atoms with van der Waals surface area (Å²) in [5.41, 5.74) is 0.808. The van der Waals surface area contributed by atoms with Crippen LogP contribution in [0.1, 0.15) is 49.4 Å². The van der Waals surface area contributed by atoms with Gasteiger partial charge in [-0.2, -0.15) is 0 Å². The van der Waals surface area contributed by atoms with Gasteiger partial charge in [0.15, 0.2) is 5.78 Å². The summed E-state index contributed by atoms with van der Waals surface area (Å²) >= 11 is 0. The first-order valence-electron chi connectivity index (χ1n) is 8.22. The maximum atomic E-state index is 12.3. The number of ketones is 1. The predicted octanol–water partition coefficient (Wildman–Crippen LogP) is 3.68. The molecule has 0 amide bonds. The van der Waals surface area contributed by atoms with Gasteiger partial charge in [-0.25, -0.2) is 0 Å². The molecular formula is C18H28NO2+. The maximum absolute atomic E-state index is 12.3. The molecular weight excluding hydrogens is 262 g/mol. The van der Waals surface area contributed by atoms with E-state index in [1.54, 1.807) is 0 Å². The minimum absolute atomic E-state index is 0.252. The quantitative estimate of drug-likeness (QED) is 0.565. The van der Waals surface area contributed by atoms with Crippen LogP contribution in [0.2, 0.25) is 0 Å². The second kappa shape index (κ2) is 7.60. The number of piperidine rings is 1. The number of rotatable bonds is 7. The summed E-state index contributed by atoms with van der Waals surface area (Å²) in [6.07, 6.45) is 5.59. The van der Waals surface area contributed by atoms with Crippen LogP contribution in [0.25, 0.3) is 0 Å². The molecule has 1 aromatic carbocycles. The highest BCUT2D eigenvalue weighted by Gasteiger charge is 2.25. The molecule has 1 heterocycles. The SMILES string of the molecule is CCCOc1ccc(C(=O)CC[N+]2(C)CCCCC2)cc1. The minimum atomic E-state index is 0.252. The highest BCUT2D eigenvalue weighted by Crippen LogP contribution is 2.18. The van der Waals surface area contributed by atoms with Crippen molar-refractivity contribution in [2.75, 3.05) is 33.3 Å². The molecule has 116 valence electrons. The van der Waals surface area contributed by atoms with Crippen molar-refractivity contribution in [2.45, 2.75) is 39.0 Å². The normalized spacial score (nSPS) is 17.4. The molecule has 0 bridgehead atoms. The Balaban J connectivity index is 1.85. The number of quaternary nitrogens is 1. The number of Topliss-reactive ketones (excluding diaryl/α,β-unsaturated/α-hetero) is 1. The smallest absolute Gasteiger partial charge is 0.168 e. The molecule has 1 aliphatic heterocycles. The molecule has 0 atom stereocenters. The Bertz CT molecular complexity index is 447. The van der Waals surface area contributed by atoms with Crippen LogP contribution in [0.5, 0.6) is 5.75 Å². The fourth-order valence-electron chi connectivity index (χ4n) is 2.97. The summed E-state index contributed by atoms with van der Waals surface area (Å²) in [6.45, 7) is 6.21. The van der Waals surface area contributed by atoms with Gasteiger partial charge in [-0.15, -0.1) is 0 Å². The lowest BCUT2D eigenvalue weighted by atomic mass is 10.0. The first-order valence-corrected chi connectivity index (χ1v) is 8.22. The second-order valence-electron chi connectivity index (χ2n) is 6.40. The van der Waals surface area contributed by atoms with Gasteiger partial charge in [0.2, 0.25) is 0 Å². The number of nitrogens with zero attached hydrogens (tertiary/aromatic N) is 1. The van der Waals surface area contributed by atoms with E-state index in [9.17, 15) is 4.79 Å². The number of hydrogen-bond acceptors (Lipinski definition) is 2. The average molecular weight is 290 g/mol. The first kappa shape index (κ1) is 16.0. The van der Waals surface area contributed by atoms with Crippen molar-refractivity contribution in [1.29, 1.82) is 0 Å². The standard InChI is InChI=1S/C18H28NO2/c1-3-15-21-17-9-7-16(8-10-17)18(20)11-14-19(2)12-5-4-6-13-19/h7-10H,3-6,11-15H2,1-2H3/q+1. The fourth-order valence-corrected chi connectivity index (χ4v) is 2.97. The molecule has 1 aliphatic rings. The summed E-state index contributed by atoms with van der Waals surface area (Å²) in [5, 5.41) is 0. The number of carbonyl (C=O) groups excluding carboxylic acids is 1. The van der Waals surface area contributed by atoms with E-state index in [0.717, 1.165) is 35.4 Å². The van der Waals surface area contributed by atoms with Gasteiger partial charge >= 0.3 is 0 Å². The summed E-state index contributed by atoms with van der Waals surface area (Å²) in [4.78, 5) is 12.3. The Kier molecular flexibility index (Phi) is 5.80. The average Bonchev–Trinajstić information content (AvgIpc) is 2.52.